The van der Waals surface area contributed by atoms with Gasteiger partial charge in [-0.25, -0.2) is 0 Å². The van der Waals surface area contributed by atoms with Crippen molar-refractivity contribution >= 4 is 0 Å². The minimum atomic E-state index is 0.348. The van der Waals surface area contributed by atoms with E-state index in [-0.39, 0.29) is 0 Å². The normalized spacial score (nSPS) is 18.2. The Morgan fingerprint density at radius 1 is 1.54 bits per heavy atom. The Bertz CT molecular complexity index is 194. The highest BCUT2D eigenvalue weighted by Crippen LogP contribution is 2.06. The fourth-order valence-corrected chi connectivity index (χ4v) is 1.35. The Labute approximate surface area is 80.9 Å². The van der Waals surface area contributed by atoms with Crippen LogP contribution in [0.15, 0.2) is 23.9 Å². The third kappa shape index (κ3) is 4.13. The molecule has 0 saturated heterocycles. The van der Waals surface area contributed by atoms with E-state index in [4.69, 9.17) is 5.73 Å². The van der Waals surface area contributed by atoms with E-state index in [1.54, 1.807) is 0 Å². The molecule has 0 bridgehead atoms. The van der Waals surface area contributed by atoms with Crippen molar-refractivity contribution in [2.24, 2.45) is 5.73 Å². The lowest BCUT2D eigenvalue weighted by molar-refractivity contribution is 0.576. The molecule has 0 radical (unpaired) electrons. The van der Waals surface area contributed by atoms with E-state index in [9.17, 15) is 0 Å². The summed E-state index contributed by atoms with van der Waals surface area (Å²) in [4.78, 5) is 0. The van der Waals surface area contributed by atoms with Gasteiger partial charge in [-0.1, -0.05) is 19.1 Å². The number of rotatable bonds is 5. The molecule has 74 valence electrons. The van der Waals surface area contributed by atoms with E-state index in [1.165, 1.54) is 18.5 Å². The molecule has 0 heterocycles. The van der Waals surface area contributed by atoms with Gasteiger partial charge in [0, 0.05) is 18.3 Å². The van der Waals surface area contributed by atoms with Crippen LogP contribution in [0.4, 0.5) is 0 Å². The van der Waals surface area contributed by atoms with Crippen molar-refractivity contribution < 1.29 is 0 Å². The summed E-state index contributed by atoms with van der Waals surface area (Å²) in [6, 6.07) is 0.348. The SMILES string of the molecule is CCC(N)CCNC1=CCCC=C1. The quantitative estimate of drug-likeness (QED) is 0.678. The maximum atomic E-state index is 5.81. The molecule has 3 N–H and O–H groups in total. The minimum absolute atomic E-state index is 0.348. The van der Waals surface area contributed by atoms with Gasteiger partial charge in [0.1, 0.15) is 0 Å². The van der Waals surface area contributed by atoms with Crippen molar-refractivity contribution in [2.45, 2.75) is 38.6 Å². The van der Waals surface area contributed by atoms with Crippen molar-refractivity contribution in [1.29, 1.82) is 0 Å². The first kappa shape index (κ1) is 10.3. The summed E-state index contributed by atoms with van der Waals surface area (Å²) in [5.74, 6) is 0. The average molecular weight is 180 g/mol. The second-order valence-corrected chi connectivity index (χ2v) is 3.52. The molecule has 1 aliphatic rings. The van der Waals surface area contributed by atoms with Gasteiger partial charge in [0.15, 0.2) is 0 Å². The van der Waals surface area contributed by atoms with E-state index in [0.717, 1.165) is 19.4 Å². The molecule has 0 aromatic rings. The summed E-state index contributed by atoms with van der Waals surface area (Å²) < 4.78 is 0. The van der Waals surface area contributed by atoms with Gasteiger partial charge in [0.25, 0.3) is 0 Å². The van der Waals surface area contributed by atoms with Crippen molar-refractivity contribution in [2.75, 3.05) is 6.54 Å². The summed E-state index contributed by atoms with van der Waals surface area (Å²) in [6.45, 7) is 3.12. The maximum absolute atomic E-state index is 5.81. The molecule has 0 spiro atoms. The minimum Gasteiger partial charge on any atom is -0.385 e. The monoisotopic (exact) mass is 180 g/mol. The molecule has 1 rings (SSSR count). The summed E-state index contributed by atoms with van der Waals surface area (Å²) in [5, 5.41) is 3.38. The molecule has 0 amide bonds. The molecule has 0 aliphatic heterocycles. The lowest BCUT2D eigenvalue weighted by Gasteiger charge is -2.12. The van der Waals surface area contributed by atoms with Crippen LogP contribution in [0.5, 0.6) is 0 Å². The van der Waals surface area contributed by atoms with E-state index in [2.05, 4.69) is 30.5 Å². The third-order valence-electron chi connectivity index (χ3n) is 2.36. The lowest BCUT2D eigenvalue weighted by atomic mass is 10.1. The zero-order valence-corrected chi connectivity index (χ0v) is 8.42. The van der Waals surface area contributed by atoms with Gasteiger partial charge in [-0.15, -0.1) is 0 Å². The Hall–Kier alpha value is -0.760. The second kappa shape index (κ2) is 5.81. The van der Waals surface area contributed by atoms with E-state index >= 15 is 0 Å². The molecule has 2 heteroatoms. The largest absolute Gasteiger partial charge is 0.385 e. The lowest BCUT2D eigenvalue weighted by Crippen LogP contribution is -2.25. The van der Waals surface area contributed by atoms with E-state index in [0.29, 0.717) is 6.04 Å². The molecule has 2 nitrogen and oxygen atoms in total. The Morgan fingerprint density at radius 2 is 2.38 bits per heavy atom. The second-order valence-electron chi connectivity index (χ2n) is 3.52. The Balaban J connectivity index is 2.12. The van der Waals surface area contributed by atoms with Crippen molar-refractivity contribution in [1.82, 2.24) is 5.32 Å². The van der Waals surface area contributed by atoms with Crippen LogP contribution in [0.3, 0.4) is 0 Å². The fraction of sp³-hybridized carbons (Fsp3) is 0.636. The van der Waals surface area contributed by atoms with Crippen LogP contribution in [0.25, 0.3) is 0 Å². The standard InChI is InChI=1S/C11H20N2/c1-2-10(12)8-9-13-11-6-4-3-5-7-11/h4,6-7,10,13H,2-3,5,8-9,12H2,1H3. The molecule has 0 saturated carbocycles. The summed E-state index contributed by atoms with van der Waals surface area (Å²) in [6.07, 6.45) is 11.1. The predicted octanol–water partition coefficient (Wildman–Crippen LogP) is 1.94. The van der Waals surface area contributed by atoms with Gasteiger partial charge in [-0.2, -0.15) is 0 Å². The van der Waals surface area contributed by atoms with Crippen molar-refractivity contribution in [3.63, 3.8) is 0 Å². The Kier molecular flexibility index (Phi) is 4.61. The van der Waals surface area contributed by atoms with Crippen LogP contribution in [0, 0.1) is 0 Å². The third-order valence-corrected chi connectivity index (χ3v) is 2.36. The van der Waals surface area contributed by atoms with Crippen molar-refractivity contribution in [3.05, 3.63) is 23.9 Å². The summed E-state index contributed by atoms with van der Waals surface area (Å²) in [5.41, 5.74) is 7.07. The first-order valence-corrected chi connectivity index (χ1v) is 5.19. The zero-order chi connectivity index (χ0) is 9.52. The van der Waals surface area contributed by atoms with Gasteiger partial charge >= 0.3 is 0 Å². The van der Waals surface area contributed by atoms with Gasteiger partial charge in [-0.05, 0) is 31.8 Å². The molecule has 1 unspecified atom stereocenters. The number of nitrogens with two attached hydrogens (primary N) is 1. The van der Waals surface area contributed by atoms with Crippen LogP contribution in [0.2, 0.25) is 0 Å². The maximum Gasteiger partial charge on any atom is 0.0296 e. The first-order valence-electron chi connectivity index (χ1n) is 5.19. The first-order chi connectivity index (χ1) is 6.33. The highest BCUT2D eigenvalue weighted by atomic mass is 14.9. The molecule has 0 fully saturated rings. The van der Waals surface area contributed by atoms with Gasteiger partial charge in [0.2, 0.25) is 0 Å². The van der Waals surface area contributed by atoms with Gasteiger partial charge in [-0.3, -0.25) is 0 Å². The molecule has 1 aliphatic carbocycles. The zero-order valence-electron chi connectivity index (χ0n) is 8.42. The highest BCUT2D eigenvalue weighted by Gasteiger charge is 1.99. The molecular weight excluding hydrogens is 160 g/mol. The molecule has 1 atom stereocenters. The molecular formula is C11H20N2. The van der Waals surface area contributed by atoms with Gasteiger partial charge in [0.05, 0.1) is 0 Å². The number of nitrogens with one attached hydrogen (secondary N) is 1. The summed E-state index contributed by atoms with van der Waals surface area (Å²) >= 11 is 0. The van der Waals surface area contributed by atoms with Crippen LogP contribution < -0.4 is 11.1 Å². The number of hydrogen-bond acceptors (Lipinski definition) is 2. The van der Waals surface area contributed by atoms with Crippen LogP contribution in [-0.2, 0) is 0 Å². The van der Waals surface area contributed by atoms with Crippen LogP contribution >= 0.6 is 0 Å². The predicted molar refractivity (Wildman–Crippen MR) is 57.3 cm³/mol. The van der Waals surface area contributed by atoms with E-state index < -0.39 is 0 Å². The summed E-state index contributed by atoms with van der Waals surface area (Å²) in [7, 11) is 0. The number of allylic oxidation sites excluding steroid dienone is 3. The topological polar surface area (TPSA) is 38.0 Å². The van der Waals surface area contributed by atoms with Gasteiger partial charge < -0.3 is 11.1 Å². The van der Waals surface area contributed by atoms with Crippen molar-refractivity contribution in [3.8, 4) is 0 Å². The Morgan fingerprint density at radius 3 is 3.00 bits per heavy atom. The average Bonchev–Trinajstić information content (AvgIpc) is 2.19. The smallest absolute Gasteiger partial charge is 0.0296 e. The van der Waals surface area contributed by atoms with Crippen LogP contribution in [0.1, 0.15) is 32.6 Å². The molecule has 13 heavy (non-hydrogen) atoms. The fourth-order valence-electron chi connectivity index (χ4n) is 1.35. The van der Waals surface area contributed by atoms with Crippen LogP contribution in [-0.4, -0.2) is 12.6 Å². The highest BCUT2D eigenvalue weighted by molar-refractivity contribution is 5.20. The van der Waals surface area contributed by atoms with E-state index in [1.807, 2.05) is 0 Å². The molecule has 0 aromatic carbocycles. The molecule has 0 aromatic heterocycles. The number of hydrogen-bond donors (Lipinski definition) is 2.